The third kappa shape index (κ3) is 2.03. The summed E-state index contributed by atoms with van der Waals surface area (Å²) >= 11 is 0. The van der Waals surface area contributed by atoms with Crippen LogP contribution in [0.3, 0.4) is 0 Å². The molecule has 1 unspecified atom stereocenters. The molecule has 1 atom stereocenters. The average Bonchev–Trinajstić information content (AvgIpc) is 3.25. The molecular weight excluding hydrogens is 282 g/mol. The van der Waals surface area contributed by atoms with Gasteiger partial charge in [0.1, 0.15) is 0 Å². The highest BCUT2D eigenvalue weighted by molar-refractivity contribution is 5.98. The molecule has 6 nitrogen and oxygen atoms in total. The summed E-state index contributed by atoms with van der Waals surface area (Å²) in [4.78, 5) is 14.9. The minimum absolute atomic E-state index is 0.00583. The zero-order valence-electron chi connectivity index (χ0n) is 12.4. The second-order valence-corrected chi connectivity index (χ2v) is 5.64. The summed E-state index contributed by atoms with van der Waals surface area (Å²) in [5, 5.41) is 4.22. The lowest BCUT2D eigenvalue weighted by atomic mass is 10.1. The molecule has 1 aromatic heterocycles. The van der Waals surface area contributed by atoms with Crippen LogP contribution in [0.25, 0.3) is 0 Å². The van der Waals surface area contributed by atoms with Crippen LogP contribution in [0, 0.1) is 0 Å². The lowest BCUT2D eigenvalue weighted by Gasteiger charge is -2.24. The summed E-state index contributed by atoms with van der Waals surface area (Å²) in [5.74, 6) is 1.20. The summed E-state index contributed by atoms with van der Waals surface area (Å²) in [5.41, 5.74) is 1.66. The maximum Gasteiger partial charge on any atom is 0.258 e. The lowest BCUT2D eigenvalue weighted by Crippen LogP contribution is -2.30. The fourth-order valence-electron chi connectivity index (χ4n) is 3.22. The Hall–Kier alpha value is -2.50. The van der Waals surface area contributed by atoms with Crippen LogP contribution in [0.15, 0.2) is 30.6 Å². The van der Waals surface area contributed by atoms with E-state index in [1.165, 1.54) is 0 Å². The minimum atomic E-state index is -0.00583. The van der Waals surface area contributed by atoms with Crippen LogP contribution in [0.4, 0.5) is 0 Å². The van der Waals surface area contributed by atoms with E-state index in [0.29, 0.717) is 17.1 Å². The molecular formula is C16H17N3O3. The van der Waals surface area contributed by atoms with E-state index in [2.05, 4.69) is 5.10 Å². The number of carbonyl (C=O) groups is 1. The highest BCUT2D eigenvalue weighted by atomic mass is 16.7. The van der Waals surface area contributed by atoms with Crippen molar-refractivity contribution in [3.05, 3.63) is 41.7 Å². The van der Waals surface area contributed by atoms with E-state index >= 15 is 0 Å². The quantitative estimate of drug-likeness (QED) is 0.852. The van der Waals surface area contributed by atoms with Crippen LogP contribution >= 0.6 is 0 Å². The highest BCUT2D eigenvalue weighted by Crippen LogP contribution is 2.39. The SMILES string of the molecule is Cn1cc(C2CCCN2C(=O)c2cccc3c2OCO3)cn1. The van der Waals surface area contributed by atoms with E-state index < -0.39 is 0 Å². The van der Waals surface area contributed by atoms with Crippen molar-refractivity contribution >= 4 is 5.91 Å². The smallest absolute Gasteiger partial charge is 0.258 e. The van der Waals surface area contributed by atoms with Gasteiger partial charge in [0, 0.05) is 25.4 Å². The Morgan fingerprint density at radius 1 is 1.36 bits per heavy atom. The van der Waals surface area contributed by atoms with Crippen LogP contribution in [-0.4, -0.2) is 33.9 Å². The van der Waals surface area contributed by atoms with Gasteiger partial charge in [-0.05, 0) is 25.0 Å². The second kappa shape index (κ2) is 5.05. The summed E-state index contributed by atoms with van der Waals surface area (Å²) in [6.07, 6.45) is 5.78. The number of hydrogen-bond acceptors (Lipinski definition) is 4. The van der Waals surface area contributed by atoms with Crippen LogP contribution < -0.4 is 9.47 Å². The summed E-state index contributed by atoms with van der Waals surface area (Å²) in [7, 11) is 1.89. The van der Waals surface area contributed by atoms with Crippen LogP contribution in [0.1, 0.15) is 34.8 Å². The number of nitrogens with zero attached hydrogens (tertiary/aromatic N) is 3. The van der Waals surface area contributed by atoms with Gasteiger partial charge in [0.25, 0.3) is 5.91 Å². The normalized spacial score (nSPS) is 19.7. The van der Waals surface area contributed by atoms with Crippen LogP contribution in [-0.2, 0) is 7.05 Å². The van der Waals surface area contributed by atoms with Gasteiger partial charge >= 0.3 is 0 Å². The molecule has 0 N–H and O–H groups in total. The third-order valence-corrected chi connectivity index (χ3v) is 4.25. The Bertz CT molecular complexity index is 725. The Labute approximate surface area is 128 Å². The van der Waals surface area contributed by atoms with Gasteiger partial charge < -0.3 is 14.4 Å². The van der Waals surface area contributed by atoms with Crippen molar-refractivity contribution in [2.24, 2.45) is 7.05 Å². The maximum absolute atomic E-state index is 13.0. The highest BCUT2D eigenvalue weighted by Gasteiger charge is 2.34. The molecule has 6 heteroatoms. The number of carbonyl (C=O) groups excluding carboxylic acids is 1. The van der Waals surface area contributed by atoms with E-state index in [9.17, 15) is 4.79 Å². The number of likely N-dealkylation sites (tertiary alicyclic amines) is 1. The van der Waals surface area contributed by atoms with E-state index in [0.717, 1.165) is 24.9 Å². The number of rotatable bonds is 2. The number of ether oxygens (including phenoxy) is 2. The number of para-hydroxylation sites is 1. The first-order valence-corrected chi connectivity index (χ1v) is 7.42. The topological polar surface area (TPSA) is 56.6 Å². The zero-order valence-corrected chi connectivity index (χ0v) is 12.4. The van der Waals surface area contributed by atoms with E-state index in [4.69, 9.17) is 9.47 Å². The predicted octanol–water partition coefficient (Wildman–Crippen LogP) is 2.13. The first-order chi connectivity index (χ1) is 10.7. The largest absolute Gasteiger partial charge is 0.454 e. The fraction of sp³-hybridized carbons (Fsp3) is 0.375. The first-order valence-electron chi connectivity index (χ1n) is 7.42. The summed E-state index contributed by atoms with van der Waals surface area (Å²) in [6, 6.07) is 5.53. The van der Waals surface area contributed by atoms with E-state index in [1.807, 2.05) is 36.5 Å². The predicted molar refractivity (Wildman–Crippen MR) is 78.8 cm³/mol. The molecule has 2 aliphatic heterocycles. The Morgan fingerprint density at radius 2 is 2.27 bits per heavy atom. The lowest BCUT2D eigenvalue weighted by molar-refractivity contribution is 0.0731. The van der Waals surface area contributed by atoms with Gasteiger partial charge in [-0.3, -0.25) is 9.48 Å². The van der Waals surface area contributed by atoms with Crippen LogP contribution in [0.5, 0.6) is 11.5 Å². The molecule has 3 heterocycles. The van der Waals surface area contributed by atoms with Crippen molar-refractivity contribution in [1.29, 1.82) is 0 Å². The van der Waals surface area contributed by atoms with Crippen molar-refractivity contribution < 1.29 is 14.3 Å². The fourth-order valence-corrected chi connectivity index (χ4v) is 3.22. The molecule has 22 heavy (non-hydrogen) atoms. The molecule has 2 aliphatic rings. The standard InChI is InChI=1S/C16H17N3O3/c1-18-9-11(8-17-18)13-5-3-7-19(13)16(20)12-4-2-6-14-15(12)22-10-21-14/h2,4,6,8-9,13H,3,5,7,10H2,1H3. The molecule has 0 radical (unpaired) electrons. The van der Waals surface area contributed by atoms with Gasteiger partial charge in [-0.1, -0.05) is 6.07 Å². The first kappa shape index (κ1) is 13.2. The number of aryl methyl sites for hydroxylation is 1. The molecule has 2 aromatic rings. The van der Waals surface area contributed by atoms with Gasteiger partial charge in [0.2, 0.25) is 6.79 Å². The van der Waals surface area contributed by atoms with Crippen molar-refractivity contribution in [2.75, 3.05) is 13.3 Å². The van der Waals surface area contributed by atoms with Gasteiger partial charge in [0.05, 0.1) is 17.8 Å². The molecule has 1 fully saturated rings. The maximum atomic E-state index is 13.0. The molecule has 1 saturated heterocycles. The molecule has 0 saturated carbocycles. The second-order valence-electron chi connectivity index (χ2n) is 5.64. The number of hydrogen-bond donors (Lipinski definition) is 0. The van der Waals surface area contributed by atoms with Gasteiger partial charge in [-0.2, -0.15) is 5.10 Å². The summed E-state index contributed by atoms with van der Waals surface area (Å²) in [6.45, 7) is 0.925. The van der Waals surface area contributed by atoms with Crippen molar-refractivity contribution in [2.45, 2.75) is 18.9 Å². The number of aromatic nitrogens is 2. The van der Waals surface area contributed by atoms with Crippen molar-refractivity contribution in [1.82, 2.24) is 14.7 Å². The molecule has 4 rings (SSSR count). The Kier molecular flexibility index (Phi) is 3.03. The van der Waals surface area contributed by atoms with E-state index in [1.54, 1.807) is 10.7 Å². The zero-order chi connectivity index (χ0) is 15.1. The van der Waals surface area contributed by atoms with Gasteiger partial charge in [-0.15, -0.1) is 0 Å². The Morgan fingerprint density at radius 3 is 3.09 bits per heavy atom. The number of fused-ring (bicyclic) bond motifs is 1. The van der Waals surface area contributed by atoms with Crippen molar-refractivity contribution in [3.63, 3.8) is 0 Å². The molecule has 0 aliphatic carbocycles. The van der Waals surface area contributed by atoms with E-state index in [-0.39, 0.29) is 18.7 Å². The van der Waals surface area contributed by atoms with Crippen LogP contribution in [0.2, 0.25) is 0 Å². The number of benzene rings is 1. The molecule has 0 bridgehead atoms. The van der Waals surface area contributed by atoms with Gasteiger partial charge in [-0.25, -0.2) is 0 Å². The van der Waals surface area contributed by atoms with Crippen molar-refractivity contribution in [3.8, 4) is 11.5 Å². The van der Waals surface area contributed by atoms with Gasteiger partial charge in [0.15, 0.2) is 11.5 Å². The molecule has 1 amide bonds. The average molecular weight is 299 g/mol. The number of amides is 1. The monoisotopic (exact) mass is 299 g/mol. The third-order valence-electron chi connectivity index (χ3n) is 4.25. The molecule has 1 aromatic carbocycles. The summed E-state index contributed by atoms with van der Waals surface area (Å²) < 4.78 is 12.6. The minimum Gasteiger partial charge on any atom is -0.454 e. The Balaban J connectivity index is 1.66. The molecule has 0 spiro atoms. The molecule has 114 valence electrons.